The summed E-state index contributed by atoms with van der Waals surface area (Å²) in [6.07, 6.45) is 1.41. The molecule has 1 unspecified atom stereocenters. The van der Waals surface area contributed by atoms with Crippen molar-refractivity contribution >= 4 is 5.97 Å². The summed E-state index contributed by atoms with van der Waals surface area (Å²) in [6.45, 7) is 3.58. The summed E-state index contributed by atoms with van der Waals surface area (Å²) >= 11 is 0. The molecule has 6 nitrogen and oxygen atoms in total. The van der Waals surface area contributed by atoms with Crippen molar-refractivity contribution in [2.45, 2.75) is 19.9 Å². The SMILES string of the molecule is CNC(C)c1cc(F)c(C)cc1-n1cnc(C(=O)OC)n1. The minimum atomic E-state index is -0.615. The minimum Gasteiger partial charge on any atom is -0.463 e. The number of halogens is 1. The van der Waals surface area contributed by atoms with E-state index < -0.39 is 5.97 Å². The maximum absolute atomic E-state index is 13.8. The Balaban J connectivity index is 2.54. The van der Waals surface area contributed by atoms with Crippen molar-refractivity contribution < 1.29 is 13.9 Å². The molecule has 0 spiro atoms. The van der Waals surface area contributed by atoms with Gasteiger partial charge >= 0.3 is 5.97 Å². The molecule has 7 heteroatoms. The lowest BCUT2D eigenvalue weighted by molar-refractivity contribution is 0.0587. The highest BCUT2D eigenvalue weighted by atomic mass is 19.1. The molecule has 0 aliphatic carbocycles. The molecule has 1 aromatic carbocycles. The molecule has 0 saturated heterocycles. The number of aryl methyl sites for hydroxylation is 1. The molecule has 1 heterocycles. The van der Waals surface area contributed by atoms with E-state index in [1.807, 2.05) is 6.92 Å². The summed E-state index contributed by atoms with van der Waals surface area (Å²) in [6, 6.07) is 3.06. The highest BCUT2D eigenvalue weighted by molar-refractivity contribution is 5.84. The molecule has 1 atom stereocenters. The van der Waals surface area contributed by atoms with Crippen LogP contribution in [0.4, 0.5) is 4.39 Å². The van der Waals surface area contributed by atoms with Crippen molar-refractivity contribution in [3.8, 4) is 5.69 Å². The van der Waals surface area contributed by atoms with Crippen molar-refractivity contribution in [2.24, 2.45) is 0 Å². The van der Waals surface area contributed by atoms with E-state index in [-0.39, 0.29) is 17.7 Å². The smallest absolute Gasteiger partial charge is 0.377 e. The number of rotatable bonds is 4. The molecule has 0 amide bonds. The van der Waals surface area contributed by atoms with Gasteiger partial charge in [0.25, 0.3) is 5.82 Å². The predicted molar refractivity (Wildman–Crippen MR) is 74.9 cm³/mol. The number of hydrogen-bond acceptors (Lipinski definition) is 5. The Kier molecular flexibility index (Phi) is 4.32. The van der Waals surface area contributed by atoms with Crippen molar-refractivity contribution in [3.05, 3.63) is 41.2 Å². The topological polar surface area (TPSA) is 69.0 Å². The standard InChI is InChI=1S/C14H17FN4O2/c1-8-5-12(10(6-11(8)15)9(2)16-3)19-7-17-13(18-19)14(20)21-4/h5-7,9,16H,1-4H3. The highest BCUT2D eigenvalue weighted by Crippen LogP contribution is 2.24. The quantitative estimate of drug-likeness (QED) is 0.870. The Bertz CT molecular complexity index is 669. The van der Waals surface area contributed by atoms with E-state index in [4.69, 9.17) is 0 Å². The van der Waals surface area contributed by atoms with Crippen LogP contribution >= 0.6 is 0 Å². The molecule has 0 aliphatic heterocycles. The third-order valence-electron chi connectivity index (χ3n) is 3.31. The van der Waals surface area contributed by atoms with Gasteiger partial charge in [-0.1, -0.05) is 0 Å². The number of carbonyl (C=O) groups excluding carboxylic acids is 1. The number of aromatic nitrogens is 3. The lowest BCUT2D eigenvalue weighted by Gasteiger charge is -2.16. The van der Waals surface area contributed by atoms with Crippen molar-refractivity contribution in [1.29, 1.82) is 0 Å². The van der Waals surface area contributed by atoms with Crippen LogP contribution in [0.3, 0.4) is 0 Å². The van der Waals surface area contributed by atoms with Gasteiger partial charge in [-0.15, -0.1) is 5.10 Å². The van der Waals surface area contributed by atoms with E-state index in [1.165, 1.54) is 24.2 Å². The fourth-order valence-corrected chi connectivity index (χ4v) is 1.95. The van der Waals surface area contributed by atoms with Gasteiger partial charge in [0.05, 0.1) is 12.8 Å². The average Bonchev–Trinajstić information content (AvgIpc) is 2.97. The Hall–Kier alpha value is -2.28. The zero-order valence-corrected chi connectivity index (χ0v) is 12.3. The van der Waals surface area contributed by atoms with Crippen LogP contribution in [0.5, 0.6) is 0 Å². The van der Waals surface area contributed by atoms with Crippen LogP contribution in [-0.2, 0) is 4.74 Å². The van der Waals surface area contributed by atoms with Gasteiger partial charge in [0.15, 0.2) is 0 Å². The molecule has 2 aromatic rings. The maximum atomic E-state index is 13.8. The maximum Gasteiger partial charge on any atom is 0.377 e. The normalized spacial score (nSPS) is 12.2. The van der Waals surface area contributed by atoms with E-state index in [0.29, 0.717) is 11.3 Å². The summed E-state index contributed by atoms with van der Waals surface area (Å²) in [4.78, 5) is 15.3. The van der Waals surface area contributed by atoms with Crippen molar-refractivity contribution in [1.82, 2.24) is 20.1 Å². The number of hydrogen-bond donors (Lipinski definition) is 1. The highest BCUT2D eigenvalue weighted by Gasteiger charge is 2.17. The average molecular weight is 292 g/mol. The summed E-state index contributed by atoms with van der Waals surface area (Å²) in [5.74, 6) is -0.942. The Labute approximate surface area is 121 Å². The first kappa shape index (κ1) is 15.1. The third-order valence-corrected chi connectivity index (χ3v) is 3.31. The van der Waals surface area contributed by atoms with E-state index in [9.17, 15) is 9.18 Å². The van der Waals surface area contributed by atoms with Crippen molar-refractivity contribution in [3.63, 3.8) is 0 Å². The first-order valence-electron chi connectivity index (χ1n) is 6.45. The molecular weight excluding hydrogens is 275 g/mol. The second-order valence-corrected chi connectivity index (χ2v) is 4.67. The minimum absolute atomic E-state index is 0.0393. The summed E-state index contributed by atoms with van der Waals surface area (Å²) in [5.41, 5.74) is 1.88. The van der Waals surface area contributed by atoms with Gasteiger partial charge in [-0.3, -0.25) is 0 Å². The molecule has 0 fully saturated rings. The van der Waals surface area contributed by atoms with E-state index in [0.717, 1.165) is 5.56 Å². The van der Waals surface area contributed by atoms with E-state index in [2.05, 4.69) is 20.1 Å². The van der Waals surface area contributed by atoms with Crippen LogP contribution in [0.25, 0.3) is 5.69 Å². The number of esters is 1. The van der Waals surface area contributed by atoms with Crippen LogP contribution in [0.2, 0.25) is 0 Å². The Morgan fingerprint density at radius 3 is 2.81 bits per heavy atom. The van der Waals surface area contributed by atoms with Crippen LogP contribution in [0.1, 0.15) is 34.7 Å². The second-order valence-electron chi connectivity index (χ2n) is 4.67. The number of methoxy groups -OCH3 is 1. The summed E-state index contributed by atoms with van der Waals surface area (Å²) < 4.78 is 19.8. The van der Waals surface area contributed by atoms with Gasteiger partial charge in [-0.2, -0.15) is 0 Å². The molecule has 1 aromatic heterocycles. The molecule has 0 saturated carbocycles. The zero-order chi connectivity index (χ0) is 15.6. The van der Waals surface area contributed by atoms with Gasteiger partial charge in [-0.25, -0.2) is 18.9 Å². The first-order chi connectivity index (χ1) is 9.97. The molecule has 0 aliphatic rings. The van der Waals surface area contributed by atoms with Gasteiger partial charge in [0, 0.05) is 6.04 Å². The number of carbonyl (C=O) groups is 1. The number of ether oxygens (including phenoxy) is 1. The lowest BCUT2D eigenvalue weighted by Crippen LogP contribution is -2.16. The van der Waals surface area contributed by atoms with Crippen LogP contribution < -0.4 is 5.32 Å². The Morgan fingerprint density at radius 2 is 2.19 bits per heavy atom. The van der Waals surface area contributed by atoms with E-state index >= 15 is 0 Å². The third kappa shape index (κ3) is 2.92. The van der Waals surface area contributed by atoms with Gasteiger partial charge in [0.1, 0.15) is 12.1 Å². The first-order valence-corrected chi connectivity index (χ1v) is 6.45. The zero-order valence-electron chi connectivity index (χ0n) is 12.3. The van der Waals surface area contributed by atoms with Gasteiger partial charge < -0.3 is 10.1 Å². The molecule has 0 radical (unpaired) electrons. The van der Waals surface area contributed by atoms with Gasteiger partial charge in [-0.05, 0) is 44.2 Å². The second kappa shape index (κ2) is 6.01. The van der Waals surface area contributed by atoms with Crippen LogP contribution in [-0.4, -0.2) is 34.9 Å². The fraction of sp³-hybridized carbons (Fsp3) is 0.357. The largest absolute Gasteiger partial charge is 0.463 e. The number of nitrogens with zero attached hydrogens (tertiary/aromatic N) is 3. The van der Waals surface area contributed by atoms with E-state index in [1.54, 1.807) is 20.0 Å². The molecule has 21 heavy (non-hydrogen) atoms. The van der Waals surface area contributed by atoms with Crippen molar-refractivity contribution in [2.75, 3.05) is 14.2 Å². The predicted octanol–water partition coefficient (Wildman–Crippen LogP) is 1.78. The number of benzene rings is 1. The number of nitrogens with one attached hydrogen (secondary N) is 1. The summed E-state index contributed by atoms with van der Waals surface area (Å²) in [5, 5.41) is 7.14. The molecule has 112 valence electrons. The fourth-order valence-electron chi connectivity index (χ4n) is 1.95. The molecule has 0 bridgehead atoms. The Morgan fingerprint density at radius 1 is 1.48 bits per heavy atom. The van der Waals surface area contributed by atoms with Gasteiger partial charge in [0.2, 0.25) is 0 Å². The van der Waals surface area contributed by atoms with Crippen LogP contribution in [0.15, 0.2) is 18.5 Å². The molecule has 1 N–H and O–H groups in total. The monoisotopic (exact) mass is 292 g/mol. The summed E-state index contributed by atoms with van der Waals surface area (Å²) in [7, 11) is 3.05. The molecular formula is C14H17FN4O2. The lowest BCUT2D eigenvalue weighted by atomic mass is 10.0. The van der Waals surface area contributed by atoms with Crippen LogP contribution in [0, 0.1) is 12.7 Å². The molecule has 2 rings (SSSR count).